The molecule has 0 unspecified atom stereocenters. The number of rotatable bonds is 5. The third-order valence-corrected chi connectivity index (χ3v) is 4.17. The number of nitrogens with zero attached hydrogens (tertiary/aromatic N) is 2. The molecule has 0 bridgehead atoms. The van der Waals surface area contributed by atoms with E-state index in [1.165, 1.54) is 0 Å². The zero-order chi connectivity index (χ0) is 17.8. The summed E-state index contributed by atoms with van der Waals surface area (Å²) in [5.41, 5.74) is 3.05. The van der Waals surface area contributed by atoms with Gasteiger partial charge in [0.05, 0.1) is 0 Å². The van der Waals surface area contributed by atoms with Crippen LogP contribution in [0.2, 0.25) is 5.02 Å². The Morgan fingerprint density at radius 2 is 1.84 bits per heavy atom. The van der Waals surface area contributed by atoms with E-state index in [9.17, 15) is 4.79 Å². The van der Waals surface area contributed by atoms with Crippen LogP contribution in [0.5, 0.6) is 5.75 Å². The van der Waals surface area contributed by atoms with Crippen molar-refractivity contribution in [1.82, 2.24) is 10.3 Å². The van der Waals surface area contributed by atoms with Crippen LogP contribution in [0.3, 0.4) is 0 Å². The lowest BCUT2D eigenvalue weighted by molar-refractivity contribution is -0.118. The van der Waals surface area contributed by atoms with Crippen LogP contribution in [0.25, 0.3) is 11.3 Å². The van der Waals surface area contributed by atoms with Gasteiger partial charge in [-0.1, -0.05) is 41.9 Å². The summed E-state index contributed by atoms with van der Waals surface area (Å²) < 4.78 is 10.3. The van der Waals surface area contributed by atoms with Crippen molar-refractivity contribution in [2.75, 3.05) is 11.9 Å². The van der Waals surface area contributed by atoms with E-state index in [0.717, 1.165) is 16.7 Å². The molecule has 3 rings (SSSR count). The maximum Gasteiger partial charge on any atom is 0.263 e. The van der Waals surface area contributed by atoms with E-state index in [0.29, 0.717) is 16.5 Å². The Kier molecular flexibility index (Phi) is 5.00. The van der Waals surface area contributed by atoms with Gasteiger partial charge in [0, 0.05) is 10.6 Å². The van der Waals surface area contributed by atoms with Gasteiger partial charge in [0.2, 0.25) is 5.82 Å². The average molecular weight is 358 g/mol. The summed E-state index contributed by atoms with van der Waals surface area (Å²) in [5.74, 6) is 0.470. The number of aromatic nitrogens is 2. The van der Waals surface area contributed by atoms with E-state index < -0.39 is 0 Å². The molecule has 0 fully saturated rings. The SMILES string of the molecule is Cc1cc(OCC(=O)Nc2nonc2-c2ccccc2)cc(C)c1Cl. The Bertz CT molecular complexity index is 871. The highest BCUT2D eigenvalue weighted by Crippen LogP contribution is 2.26. The summed E-state index contributed by atoms with van der Waals surface area (Å²) in [5, 5.41) is 10.9. The minimum absolute atomic E-state index is 0.165. The monoisotopic (exact) mass is 357 g/mol. The second-order valence-corrected chi connectivity index (χ2v) is 5.91. The number of carbonyl (C=O) groups is 1. The first-order valence-corrected chi connectivity index (χ1v) is 8.00. The Hall–Kier alpha value is -2.86. The quantitative estimate of drug-likeness (QED) is 0.746. The van der Waals surface area contributed by atoms with Gasteiger partial charge in [-0.05, 0) is 47.4 Å². The van der Waals surface area contributed by atoms with Gasteiger partial charge >= 0.3 is 0 Å². The largest absolute Gasteiger partial charge is 0.484 e. The van der Waals surface area contributed by atoms with Crippen molar-refractivity contribution in [3.05, 3.63) is 58.6 Å². The van der Waals surface area contributed by atoms with Crippen LogP contribution in [0.1, 0.15) is 11.1 Å². The molecule has 128 valence electrons. The van der Waals surface area contributed by atoms with Crippen molar-refractivity contribution in [2.45, 2.75) is 13.8 Å². The van der Waals surface area contributed by atoms with E-state index in [-0.39, 0.29) is 18.3 Å². The number of aryl methyl sites for hydroxylation is 2. The Balaban J connectivity index is 1.65. The summed E-state index contributed by atoms with van der Waals surface area (Å²) in [6, 6.07) is 12.9. The Morgan fingerprint density at radius 1 is 1.16 bits per heavy atom. The molecule has 3 aromatic rings. The van der Waals surface area contributed by atoms with Gasteiger partial charge in [0.25, 0.3) is 5.91 Å². The van der Waals surface area contributed by atoms with Crippen LogP contribution in [0.4, 0.5) is 5.82 Å². The highest BCUT2D eigenvalue weighted by Gasteiger charge is 2.15. The number of anilines is 1. The standard InChI is InChI=1S/C18H16ClN3O3/c1-11-8-14(9-12(2)16(11)19)24-10-15(23)20-18-17(21-25-22-18)13-6-4-3-5-7-13/h3-9H,10H2,1-2H3,(H,20,22,23). The van der Waals surface area contributed by atoms with Crippen LogP contribution in [-0.4, -0.2) is 22.8 Å². The summed E-state index contributed by atoms with van der Waals surface area (Å²) >= 11 is 6.12. The molecular formula is C18H16ClN3O3. The Morgan fingerprint density at radius 3 is 2.52 bits per heavy atom. The normalized spacial score (nSPS) is 10.5. The lowest BCUT2D eigenvalue weighted by Crippen LogP contribution is -2.20. The molecule has 0 saturated heterocycles. The summed E-state index contributed by atoms with van der Waals surface area (Å²) in [6.45, 7) is 3.60. The van der Waals surface area contributed by atoms with E-state index in [1.54, 1.807) is 12.1 Å². The molecule has 25 heavy (non-hydrogen) atoms. The second kappa shape index (κ2) is 7.36. The van der Waals surface area contributed by atoms with Crippen molar-refractivity contribution >= 4 is 23.3 Å². The topological polar surface area (TPSA) is 77.2 Å². The number of hydrogen-bond donors (Lipinski definition) is 1. The van der Waals surface area contributed by atoms with Crippen LogP contribution in [-0.2, 0) is 4.79 Å². The van der Waals surface area contributed by atoms with Gasteiger partial charge in [-0.2, -0.15) is 0 Å². The van der Waals surface area contributed by atoms with Crippen molar-refractivity contribution in [3.63, 3.8) is 0 Å². The van der Waals surface area contributed by atoms with Crippen LogP contribution >= 0.6 is 11.6 Å². The fourth-order valence-electron chi connectivity index (χ4n) is 2.36. The van der Waals surface area contributed by atoms with Crippen molar-refractivity contribution in [2.24, 2.45) is 0 Å². The van der Waals surface area contributed by atoms with E-state index in [2.05, 4.69) is 15.6 Å². The number of carbonyl (C=O) groups excluding carboxylic acids is 1. The molecule has 1 heterocycles. The van der Waals surface area contributed by atoms with Gasteiger partial charge in [-0.25, -0.2) is 4.63 Å². The molecule has 0 aliphatic heterocycles. The van der Waals surface area contributed by atoms with Gasteiger partial charge in [-0.15, -0.1) is 0 Å². The first kappa shape index (κ1) is 17.0. The maximum absolute atomic E-state index is 12.1. The predicted octanol–water partition coefficient (Wildman–Crippen LogP) is 4.02. The van der Waals surface area contributed by atoms with E-state index >= 15 is 0 Å². The van der Waals surface area contributed by atoms with Gasteiger partial charge in [0.15, 0.2) is 12.3 Å². The summed E-state index contributed by atoms with van der Waals surface area (Å²) in [4.78, 5) is 12.1. The van der Waals surface area contributed by atoms with E-state index in [4.69, 9.17) is 21.0 Å². The van der Waals surface area contributed by atoms with Crippen molar-refractivity contribution in [3.8, 4) is 17.0 Å². The Labute approximate surface area is 149 Å². The molecule has 0 atom stereocenters. The third kappa shape index (κ3) is 3.97. The lowest BCUT2D eigenvalue weighted by Gasteiger charge is -2.09. The molecule has 0 saturated carbocycles. The van der Waals surface area contributed by atoms with Crippen molar-refractivity contribution < 1.29 is 14.2 Å². The van der Waals surface area contributed by atoms with Crippen LogP contribution in [0, 0.1) is 13.8 Å². The highest BCUT2D eigenvalue weighted by molar-refractivity contribution is 6.32. The molecule has 0 radical (unpaired) electrons. The predicted molar refractivity (Wildman–Crippen MR) is 94.8 cm³/mol. The summed E-state index contributed by atoms with van der Waals surface area (Å²) in [7, 11) is 0. The van der Waals surface area contributed by atoms with Gasteiger partial charge in [-0.3, -0.25) is 4.79 Å². The number of nitrogens with one attached hydrogen (secondary N) is 1. The average Bonchev–Trinajstić information content (AvgIpc) is 3.06. The highest BCUT2D eigenvalue weighted by atomic mass is 35.5. The lowest BCUT2D eigenvalue weighted by atomic mass is 10.1. The van der Waals surface area contributed by atoms with Crippen LogP contribution in [0.15, 0.2) is 47.1 Å². The number of benzene rings is 2. The molecule has 1 N–H and O–H groups in total. The fraction of sp³-hybridized carbons (Fsp3) is 0.167. The zero-order valence-electron chi connectivity index (χ0n) is 13.7. The smallest absolute Gasteiger partial charge is 0.263 e. The molecule has 7 heteroatoms. The van der Waals surface area contributed by atoms with Crippen LogP contribution < -0.4 is 10.1 Å². The summed E-state index contributed by atoms with van der Waals surface area (Å²) in [6.07, 6.45) is 0. The molecule has 0 aliphatic rings. The second-order valence-electron chi connectivity index (χ2n) is 5.54. The molecule has 0 aliphatic carbocycles. The third-order valence-electron chi connectivity index (χ3n) is 3.57. The number of halogens is 1. The van der Waals surface area contributed by atoms with Crippen molar-refractivity contribution in [1.29, 1.82) is 0 Å². The first-order chi connectivity index (χ1) is 12.0. The molecular weight excluding hydrogens is 342 g/mol. The fourth-order valence-corrected chi connectivity index (χ4v) is 2.47. The van der Waals surface area contributed by atoms with E-state index in [1.807, 2.05) is 44.2 Å². The number of hydrogen-bond acceptors (Lipinski definition) is 5. The maximum atomic E-state index is 12.1. The molecule has 0 spiro atoms. The molecule has 1 aromatic heterocycles. The first-order valence-electron chi connectivity index (χ1n) is 7.62. The zero-order valence-corrected chi connectivity index (χ0v) is 14.5. The molecule has 2 aromatic carbocycles. The van der Waals surface area contributed by atoms with Gasteiger partial charge in [0.1, 0.15) is 5.75 Å². The number of amides is 1. The molecule has 6 nitrogen and oxygen atoms in total. The number of ether oxygens (including phenoxy) is 1. The minimum atomic E-state index is -0.363. The minimum Gasteiger partial charge on any atom is -0.484 e. The molecule has 1 amide bonds. The van der Waals surface area contributed by atoms with Gasteiger partial charge < -0.3 is 10.1 Å².